The molecule has 4 rings (SSSR count). The van der Waals surface area contributed by atoms with Crippen molar-refractivity contribution in [2.75, 3.05) is 13.1 Å². The van der Waals surface area contributed by atoms with E-state index >= 15 is 0 Å². The van der Waals surface area contributed by atoms with Gasteiger partial charge < -0.3 is 4.90 Å². The summed E-state index contributed by atoms with van der Waals surface area (Å²) in [4.78, 5) is 14.0. The van der Waals surface area contributed by atoms with E-state index in [2.05, 4.69) is 10.3 Å². The van der Waals surface area contributed by atoms with Crippen molar-refractivity contribution in [3.63, 3.8) is 0 Å². The molecule has 2 fully saturated rings. The number of amides is 1. The fourth-order valence-electron chi connectivity index (χ4n) is 2.83. The van der Waals surface area contributed by atoms with Gasteiger partial charge in [0.05, 0.1) is 18.2 Å². The fraction of sp³-hybridized carbons (Fsp3) is 0.438. The van der Waals surface area contributed by atoms with Gasteiger partial charge in [0.25, 0.3) is 0 Å². The zero-order chi connectivity index (χ0) is 16.0. The van der Waals surface area contributed by atoms with E-state index in [4.69, 9.17) is 11.6 Å². The molecule has 5 nitrogen and oxygen atoms in total. The smallest absolute Gasteiger partial charge is 0.227 e. The van der Waals surface area contributed by atoms with Gasteiger partial charge in [-0.05, 0) is 25.0 Å². The lowest BCUT2D eigenvalue weighted by molar-refractivity contribution is -0.136. The zero-order valence-electron chi connectivity index (χ0n) is 12.5. The molecule has 2 heterocycles. The Kier molecular flexibility index (Phi) is 3.56. The Balaban J connectivity index is 1.36. The second-order valence-corrected chi connectivity index (χ2v) is 6.63. The van der Waals surface area contributed by atoms with Crippen LogP contribution < -0.4 is 0 Å². The van der Waals surface area contributed by atoms with E-state index in [9.17, 15) is 9.18 Å². The van der Waals surface area contributed by atoms with Crippen LogP contribution >= 0.6 is 11.6 Å². The second-order valence-electron chi connectivity index (χ2n) is 6.23. The first-order chi connectivity index (χ1) is 11.1. The summed E-state index contributed by atoms with van der Waals surface area (Å²) in [5.74, 6) is 0.0221. The molecule has 0 spiro atoms. The molecule has 1 aromatic carbocycles. The number of hydrogen-bond donors (Lipinski definition) is 0. The van der Waals surface area contributed by atoms with Crippen LogP contribution in [0, 0.1) is 5.82 Å². The number of carbonyl (C=O) groups excluding carboxylic acids is 1. The van der Waals surface area contributed by atoms with E-state index in [1.165, 1.54) is 25.0 Å². The van der Waals surface area contributed by atoms with Crippen molar-refractivity contribution in [2.45, 2.75) is 31.2 Å². The van der Waals surface area contributed by atoms with E-state index in [1.807, 2.05) is 10.9 Å². The van der Waals surface area contributed by atoms with E-state index < -0.39 is 5.82 Å². The maximum absolute atomic E-state index is 13.7. The summed E-state index contributed by atoms with van der Waals surface area (Å²) in [6, 6.07) is 4.62. The number of aromatic nitrogens is 3. The molecule has 1 saturated carbocycles. The zero-order valence-corrected chi connectivity index (χ0v) is 13.2. The van der Waals surface area contributed by atoms with Crippen molar-refractivity contribution in [1.29, 1.82) is 0 Å². The standard InChI is InChI=1S/C16H16ClFN4O/c17-13-2-1-3-14(18)12(13)6-16(23)21-7-11(8-21)22-9-15(19-20-22)10-4-5-10/h1-3,9-11H,4-8H2. The number of nitrogens with zero attached hydrogens (tertiary/aromatic N) is 4. The predicted molar refractivity (Wildman–Crippen MR) is 82.7 cm³/mol. The molecule has 0 bridgehead atoms. The van der Waals surface area contributed by atoms with E-state index in [0.717, 1.165) is 5.69 Å². The van der Waals surface area contributed by atoms with Gasteiger partial charge in [0, 0.05) is 35.8 Å². The molecular weight excluding hydrogens is 319 g/mol. The third-order valence-corrected chi connectivity index (χ3v) is 4.86. The third-order valence-electron chi connectivity index (χ3n) is 4.50. The molecule has 7 heteroatoms. The van der Waals surface area contributed by atoms with Gasteiger partial charge in [0.15, 0.2) is 0 Å². The summed E-state index contributed by atoms with van der Waals surface area (Å²) in [5.41, 5.74) is 1.31. The van der Waals surface area contributed by atoms with Crippen LogP contribution in [0.2, 0.25) is 5.02 Å². The Morgan fingerprint density at radius 1 is 1.35 bits per heavy atom. The van der Waals surface area contributed by atoms with Crippen molar-refractivity contribution in [3.05, 3.63) is 46.5 Å². The predicted octanol–water partition coefficient (Wildman–Crippen LogP) is 2.57. The SMILES string of the molecule is O=C(Cc1c(F)cccc1Cl)N1CC(n2cc(C3CC3)nn2)C1. The van der Waals surface area contributed by atoms with Gasteiger partial charge in [-0.15, -0.1) is 5.10 Å². The summed E-state index contributed by atoms with van der Waals surface area (Å²) < 4.78 is 15.6. The monoisotopic (exact) mass is 334 g/mol. The quantitative estimate of drug-likeness (QED) is 0.863. The molecule has 0 radical (unpaired) electrons. The summed E-state index contributed by atoms with van der Waals surface area (Å²) in [6.45, 7) is 1.16. The Hall–Kier alpha value is -1.95. The largest absolute Gasteiger partial charge is 0.338 e. The summed E-state index contributed by atoms with van der Waals surface area (Å²) >= 11 is 5.97. The Bertz CT molecular complexity index is 732. The highest BCUT2D eigenvalue weighted by Gasteiger charge is 2.34. The minimum absolute atomic E-state index is 0.0110. The fourth-order valence-corrected chi connectivity index (χ4v) is 3.06. The molecule has 120 valence electrons. The molecule has 1 aliphatic heterocycles. The van der Waals surface area contributed by atoms with Gasteiger partial charge >= 0.3 is 0 Å². The summed E-state index contributed by atoms with van der Waals surface area (Å²) in [7, 11) is 0. The summed E-state index contributed by atoms with van der Waals surface area (Å²) in [5, 5.41) is 8.63. The van der Waals surface area contributed by atoms with Crippen LogP contribution in [-0.2, 0) is 11.2 Å². The maximum Gasteiger partial charge on any atom is 0.227 e. The average molecular weight is 335 g/mol. The maximum atomic E-state index is 13.7. The van der Waals surface area contributed by atoms with Gasteiger partial charge in [-0.25, -0.2) is 9.07 Å². The minimum Gasteiger partial charge on any atom is -0.338 e. The lowest BCUT2D eigenvalue weighted by atomic mass is 10.1. The van der Waals surface area contributed by atoms with Crippen LogP contribution in [0.5, 0.6) is 0 Å². The number of benzene rings is 1. The normalized spacial score (nSPS) is 18.1. The third kappa shape index (κ3) is 2.83. The lowest BCUT2D eigenvalue weighted by Gasteiger charge is -2.39. The van der Waals surface area contributed by atoms with E-state index in [1.54, 1.807) is 11.0 Å². The molecule has 2 aromatic rings. The number of likely N-dealkylation sites (tertiary alicyclic amines) is 1. The molecule has 1 aliphatic carbocycles. The minimum atomic E-state index is -0.437. The van der Waals surface area contributed by atoms with Gasteiger partial charge in [-0.1, -0.05) is 22.9 Å². The van der Waals surface area contributed by atoms with E-state index in [0.29, 0.717) is 24.0 Å². The van der Waals surface area contributed by atoms with Gasteiger partial charge in [0.1, 0.15) is 5.82 Å². The molecule has 0 N–H and O–H groups in total. The molecule has 1 aromatic heterocycles. The average Bonchev–Trinajstić information content (AvgIpc) is 3.21. The van der Waals surface area contributed by atoms with Crippen LogP contribution in [0.3, 0.4) is 0 Å². The van der Waals surface area contributed by atoms with Crippen LogP contribution in [0.1, 0.15) is 36.1 Å². The van der Waals surface area contributed by atoms with Crippen LogP contribution in [0.15, 0.2) is 24.4 Å². The summed E-state index contributed by atoms with van der Waals surface area (Å²) in [6.07, 6.45) is 4.36. The first-order valence-electron chi connectivity index (χ1n) is 7.74. The first-order valence-corrected chi connectivity index (χ1v) is 8.12. The van der Waals surface area contributed by atoms with Crippen molar-refractivity contribution >= 4 is 17.5 Å². The van der Waals surface area contributed by atoms with Crippen molar-refractivity contribution in [3.8, 4) is 0 Å². The Morgan fingerprint density at radius 2 is 2.13 bits per heavy atom. The molecule has 0 atom stereocenters. The molecule has 1 saturated heterocycles. The topological polar surface area (TPSA) is 51.0 Å². The first kappa shape index (κ1) is 14.6. The van der Waals surface area contributed by atoms with Crippen molar-refractivity contribution in [2.24, 2.45) is 0 Å². The highest BCUT2D eigenvalue weighted by Crippen LogP contribution is 2.39. The Morgan fingerprint density at radius 3 is 2.83 bits per heavy atom. The molecule has 0 unspecified atom stereocenters. The number of hydrogen-bond acceptors (Lipinski definition) is 3. The van der Waals surface area contributed by atoms with Crippen LogP contribution in [-0.4, -0.2) is 38.9 Å². The molecular formula is C16H16ClFN4O. The number of rotatable bonds is 4. The van der Waals surface area contributed by atoms with E-state index in [-0.39, 0.29) is 23.9 Å². The highest BCUT2D eigenvalue weighted by atomic mass is 35.5. The van der Waals surface area contributed by atoms with Crippen molar-refractivity contribution < 1.29 is 9.18 Å². The van der Waals surface area contributed by atoms with Crippen LogP contribution in [0.25, 0.3) is 0 Å². The Labute approximate surface area is 138 Å². The second kappa shape index (κ2) is 5.60. The number of carbonyl (C=O) groups is 1. The lowest BCUT2D eigenvalue weighted by Crippen LogP contribution is -2.51. The highest BCUT2D eigenvalue weighted by molar-refractivity contribution is 6.31. The van der Waals surface area contributed by atoms with Gasteiger partial charge in [0.2, 0.25) is 5.91 Å². The van der Waals surface area contributed by atoms with Gasteiger partial charge in [-0.3, -0.25) is 4.79 Å². The van der Waals surface area contributed by atoms with Gasteiger partial charge in [-0.2, -0.15) is 0 Å². The molecule has 1 amide bonds. The van der Waals surface area contributed by atoms with Crippen molar-refractivity contribution in [1.82, 2.24) is 19.9 Å². The number of halogens is 2. The molecule has 2 aliphatic rings. The molecule has 23 heavy (non-hydrogen) atoms. The van der Waals surface area contributed by atoms with Crippen LogP contribution in [0.4, 0.5) is 4.39 Å².